The quantitative estimate of drug-likeness (QED) is 0.265. The van der Waals surface area contributed by atoms with E-state index in [0.29, 0.717) is 17.0 Å². The molecule has 1 N–H and O–H groups in total. The number of hydrogen-bond acceptors (Lipinski definition) is 6. The zero-order chi connectivity index (χ0) is 21.4. The van der Waals surface area contributed by atoms with E-state index in [9.17, 15) is 15.2 Å². The SMILES string of the molecule is N#CC(=C(O)C1Cc2ccccc2C(=O)O1)c1nc(-c2ccc3ccccc3c2)cs1. The number of aromatic nitrogens is 1. The number of esters is 1. The Kier molecular flexibility index (Phi) is 4.73. The van der Waals surface area contributed by atoms with Crippen molar-refractivity contribution in [3.63, 3.8) is 0 Å². The van der Waals surface area contributed by atoms with Gasteiger partial charge in [-0.15, -0.1) is 11.3 Å². The molecule has 1 aromatic heterocycles. The van der Waals surface area contributed by atoms with Gasteiger partial charge in [-0.1, -0.05) is 54.6 Å². The van der Waals surface area contributed by atoms with Crippen LogP contribution in [0.3, 0.4) is 0 Å². The lowest BCUT2D eigenvalue weighted by Gasteiger charge is -2.24. The van der Waals surface area contributed by atoms with Crippen molar-refractivity contribution in [3.8, 4) is 17.3 Å². The fourth-order valence-electron chi connectivity index (χ4n) is 3.73. The number of aliphatic hydroxyl groups is 1. The van der Waals surface area contributed by atoms with E-state index in [1.54, 1.807) is 12.1 Å². The van der Waals surface area contributed by atoms with E-state index in [4.69, 9.17) is 4.74 Å². The van der Waals surface area contributed by atoms with Crippen LogP contribution in [0.25, 0.3) is 27.6 Å². The Bertz CT molecular complexity index is 1400. The zero-order valence-corrected chi connectivity index (χ0v) is 17.1. The number of nitriles is 1. The summed E-state index contributed by atoms with van der Waals surface area (Å²) >= 11 is 1.27. The van der Waals surface area contributed by atoms with Crippen LogP contribution in [0.1, 0.15) is 20.9 Å². The van der Waals surface area contributed by atoms with E-state index in [2.05, 4.69) is 4.98 Å². The van der Waals surface area contributed by atoms with Gasteiger partial charge in [0, 0.05) is 17.4 Å². The molecule has 0 saturated carbocycles. The molecule has 0 radical (unpaired) electrons. The number of cyclic esters (lactones) is 1. The molecule has 0 saturated heterocycles. The number of ether oxygens (including phenoxy) is 1. The monoisotopic (exact) mass is 424 g/mol. The molecule has 6 heteroatoms. The Balaban J connectivity index is 1.49. The van der Waals surface area contributed by atoms with Crippen molar-refractivity contribution in [2.45, 2.75) is 12.5 Å². The number of aliphatic hydroxyl groups excluding tert-OH is 1. The second-order valence-electron chi connectivity index (χ2n) is 7.23. The van der Waals surface area contributed by atoms with Crippen molar-refractivity contribution < 1.29 is 14.6 Å². The van der Waals surface area contributed by atoms with Gasteiger partial charge in [0.05, 0.1) is 11.3 Å². The van der Waals surface area contributed by atoms with Gasteiger partial charge in [-0.2, -0.15) is 5.26 Å². The Labute approximate surface area is 182 Å². The van der Waals surface area contributed by atoms with E-state index < -0.39 is 12.1 Å². The van der Waals surface area contributed by atoms with Crippen LogP contribution in [-0.2, 0) is 11.2 Å². The van der Waals surface area contributed by atoms with Gasteiger partial charge in [0.15, 0.2) is 11.9 Å². The maximum atomic E-state index is 12.3. The molecule has 1 aliphatic heterocycles. The van der Waals surface area contributed by atoms with E-state index in [1.165, 1.54) is 11.3 Å². The average molecular weight is 424 g/mol. The average Bonchev–Trinajstić information content (AvgIpc) is 3.29. The zero-order valence-electron chi connectivity index (χ0n) is 16.3. The predicted molar refractivity (Wildman–Crippen MR) is 120 cm³/mol. The van der Waals surface area contributed by atoms with Gasteiger partial charge in [0.25, 0.3) is 0 Å². The highest BCUT2D eigenvalue weighted by atomic mass is 32.1. The predicted octanol–water partition coefficient (Wildman–Crippen LogP) is 5.54. The molecule has 1 atom stereocenters. The molecule has 0 aliphatic carbocycles. The maximum absolute atomic E-state index is 12.3. The Morgan fingerprint density at radius 1 is 1.10 bits per heavy atom. The third-order valence-electron chi connectivity index (χ3n) is 5.33. The number of carbonyl (C=O) groups is 1. The highest BCUT2D eigenvalue weighted by Crippen LogP contribution is 2.32. The summed E-state index contributed by atoms with van der Waals surface area (Å²) in [4.78, 5) is 16.9. The molecule has 31 heavy (non-hydrogen) atoms. The van der Waals surface area contributed by atoms with E-state index >= 15 is 0 Å². The topological polar surface area (TPSA) is 83.2 Å². The summed E-state index contributed by atoms with van der Waals surface area (Å²) in [5, 5.41) is 25.0. The van der Waals surface area contributed by atoms with Crippen LogP contribution in [0.4, 0.5) is 0 Å². The van der Waals surface area contributed by atoms with Gasteiger partial charge < -0.3 is 9.84 Å². The number of rotatable bonds is 3. The number of allylic oxidation sites excluding steroid dienone is 1. The van der Waals surface area contributed by atoms with Crippen LogP contribution in [0, 0.1) is 11.3 Å². The third kappa shape index (κ3) is 3.45. The first-order valence-electron chi connectivity index (χ1n) is 9.71. The minimum Gasteiger partial charge on any atom is -0.507 e. The Hall–Kier alpha value is -3.95. The summed E-state index contributed by atoms with van der Waals surface area (Å²) in [5.41, 5.74) is 2.93. The molecule has 1 unspecified atom stereocenters. The highest BCUT2D eigenvalue weighted by Gasteiger charge is 2.31. The van der Waals surface area contributed by atoms with Gasteiger partial charge >= 0.3 is 5.97 Å². The van der Waals surface area contributed by atoms with E-state index in [1.807, 2.05) is 66.0 Å². The summed E-state index contributed by atoms with van der Waals surface area (Å²) in [6.45, 7) is 0. The molecule has 1 aliphatic rings. The van der Waals surface area contributed by atoms with Gasteiger partial charge in [-0.3, -0.25) is 0 Å². The third-order valence-corrected chi connectivity index (χ3v) is 6.19. The lowest BCUT2D eigenvalue weighted by Crippen LogP contribution is -2.29. The highest BCUT2D eigenvalue weighted by molar-refractivity contribution is 7.11. The fourth-order valence-corrected chi connectivity index (χ4v) is 4.56. The van der Waals surface area contributed by atoms with Crippen molar-refractivity contribution in [1.29, 1.82) is 5.26 Å². The molecule has 0 amide bonds. The first kappa shape index (κ1) is 19.0. The number of fused-ring (bicyclic) bond motifs is 2. The summed E-state index contributed by atoms with van der Waals surface area (Å²) in [5.74, 6) is -0.781. The summed E-state index contributed by atoms with van der Waals surface area (Å²) in [6.07, 6.45) is -0.605. The molecule has 0 bridgehead atoms. The molecule has 0 spiro atoms. The minimum absolute atomic E-state index is 0.0224. The Morgan fingerprint density at radius 2 is 1.87 bits per heavy atom. The fraction of sp³-hybridized carbons (Fsp3) is 0.0800. The number of thiazole rings is 1. The van der Waals surface area contributed by atoms with Crippen LogP contribution in [-0.4, -0.2) is 22.2 Å². The maximum Gasteiger partial charge on any atom is 0.339 e. The van der Waals surface area contributed by atoms with Crippen LogP contribution in [0.15, 0.2) is 77.9 Å². The Morgan fingerprint density at radius 3 is 2.71 bits per heavy atom. The molecular formula is C25H16N2O3S. The molecule has 0 fully saturated rings. The standard InChI is InChI=1S/C25H16N2O3S/c26-13-20(23(28)22-12-17-7-3-4-8-19(17)25(29)30-22)24-27-21(14-31-24)18-10-9-15-5-1-2-6-16(15)11-18/h1-11,14,22,28H,12H2. The van der Waals surface area contributed by atoms with Gasteiger partial charge in [0.2, 0.25) is 0 Å². The van der Waals surface area contributed by atoms with E-state index in [-0.39, 0.29) is 11.3 Å². The van der Waals surface area contributed by atoms with Crippen LogP contribution in [0.5, 0.6) is 0 Å². The van der Waals surface area contributed by atoms with Gasteiger partial charge in [-0.25, -0.2) is 9.78 Å². The van der Waals surface area contributed by atoms with Gasteiger partial charge in [-0.05, 0) is 28.5 Å². The number of nitrogens with zero attached hydrogens (tertiary/aromatic N) is 2. The molecule has 3 aromatic carbocycles. The molecule has 2 heterocycles. The second kappa shape index (κ2) is 7.71. The second-order valence-corrected chi connectivity index (χ2v) is 8.09. The van der Waals surface area contributed by atoms with Crippen molar-refractivity contribution in [1.82, 2.24) is 4.98 Å². The summed E-state index contributed by atoms with van der Waals surface area (Å²) in [6, 6.07) is 23.3. The summed E-state index contributed by atoms with van der Waals surface area (Å²) in [7, 11) is 0. The molecular weight excluding hydrogens is 408 g/mol. The summed E-state index contributed by atoms with van der Waals surface area (Å²) < 4.78 is 5.40. The molecule has 4 aromatic rings. The number of benzene rings is 3. The first-order chi connectivity index (χ1) is 15.1. The number of hydrogen-bond donors (Lipinski definition) is 1. The van der Waals surface area contributed by atoms with Crippen molar-refractivity contribution in [2.75, 3.05) is 0 Å². The molecule has 150 valence electrons. The normalized spacial score (nSPS) is 16.2. The lowest BCUT2D eigenvalue weighted by atomic mass is 9.96. The van der Waals surface area contributed by atoms with Crippen molar-refractivity contribution in [2.24, 2.45) is 0 Å². The smallest absolute Gasteiger partial charge is 0.339 e. The van der Waals surface area contributed by atoms with Crippen LogP contribution in [0.2, 0.25) is 0 Å². The van der Waals surface area contributed by atoms with Crippen LogP contribution < -0.4 is 0 Å². The van der Waals surface area contributed by atoms with Gasteiger partial charge in [0.1, 0.15) is 16.6 Å². The van der Waals surface area contributed by atoms with Crippen molar-refractivity contribution >= 4 is 33.7 Å². The van der Waals surface area contributed by atoms with Crippen LogP contribution >= 0.6 is 11.3 Å². The van der Waals surface area contributed by atoms with Crippen molar-refractivity contribution in [3.05, 3.63) is 94.0 Å². The molecule has 5 nitrogen and oxygen atoms in total. The molecule has 5 rings (SSSR count). The minimum atomic E-state index is -0.912. The van der Waals surface area contributed by atoms with E-state index in [0.717, 1.165) is 27.6 Å². The number of carbonyl (C=O) groups excluding carboxylic acids is 1. The first-order valence-corrected chi connectivity index (χ1v) is 10.6. The largest absolute Gasteiger partial charge is 0.507 e. The lowest BCUT2D eigenvalue weighted by molar-refractivity contribution is 0.0251.